The van der Waals surface area contributed by atoms with Gasteiger partial charge in [0, 0.05) is 25.6 Å². The van der Waals surface area contributed by atoms with Gasteiger partial charge in [0.1, 0.15) is 5.82 Å². The molecule has 0 aromatic carbocycles. The summed E-state index contributed by atoms with van der Waals surface area (Å²) in [5.74, 6) is 0.696. The molecule has 2 rings (SSSR count). The number of halogens is 1. The SMILES string of the molecule is CC(C)c1ncc(Cl)c(C(=O)N(C)C2CCCN(C)C2)n1. The Bertz CT molecular complexity index is 520. The Morgan fingerprint density at radius 3 is 2.86 bits per heavy atom. The lowest BCUT2D eigenvalue weighted by atomic mass is 10.0. The molecular formula is C15H23ClN4O. The van der Waals surface area contributed by atoms with E-state index < -0.39 is 0 Å². The van der Waals surface area contributed by atoms with Gasteiger partial charge in [0.25, 0.3) is 5.91 Å². The monoisotopic (exact) mass is 310 g/mol. The Hall–Kier alpha value is -1.20. The number of hydrogen-bond donors (Lipinski definition) is 0. The average molecular weight is 311 g/mol. The Morgan fingerprint density at radius 1 is 1.52 bits per heavy atom. The van der Waals surface area contributed by atoms with Gasteiger partial charge in [-0.2, -0.15) is 0 Å². The lowest BCUT2D eigenvalue weighted by Gasteiger charge is -2.35. The molecule has 0 bridgehead atoms. The number of piperidine rings is 1. The van der Waals surface area contributed by atoms with Gasteiger partial charge in [-0.25, -0.2) is 9.97 Å². The molecule has 1 saturated heterocycles. The lowest BCUT2D eigenvalue weighted by molar-refractivity contribution is 0.0638. The van der Waals surface area contributed by atoms with Crippen LogP contribution in [0.1, 0.15) is 48.9 Å². The first kappa shape index (κ1) is 16.2. The Labute approximate surface area is 131 Å². The Balaban J connectivity index is 2.20. The van der Waals surface area contributed by atoms with E-state index in [2.05, 4.69) is 21.9 Å². The number of rotatable bonds is 3. The number of carbonyl (C=O) groups is 1. The number of likely N-dealkylation sites (N-methyl/N-ethyl adjacent to an activating group) is 2. The van der Waals surface area contributed by atoms with E-state index in [0.29, 0.717) is 16.5 Å². The molecule has 2 heterocycles. The van der Waals surface area contributed by atoms with Crippen molar-refractivity contribution in [1.29, 1.82) is 0 Å². The van der Waals surface area contributed by atoms with Crippen molar-refractivity contribution in [1.82, 2.24) is 19.8 Å². The Morgan fingerprint density at radius 2 is 2.24 bits per heavy atom. The second-order valence-corrected chi connectivity index (χ2v) is 6.46. The van der Waals surface area contributed by atoms with Crippen LogP contribution in [-0.4, -0.2) is 58.9 Å². The summed E-state index contributed by atoms with van der Waals surface area (Å²) in [6, 6.07) is 0.213. The summed E-state index contributed by atoms with van der Waals surface area (Å²) >= 11 is 6.12. The van der Waals surface area contributed by atoms with Crippen molar-refractivity contribution >= 4 is 17.5 Å². The molecule has 1 aliphatic heterocycles. The van der Waals surface area contributed by atoms with Crippen LogP contribution in [-0.2, 0) is 0 Å². The fourth-order valence-corrected chi connectivity index (χ4v) is 2.77. The minimum absolute atomic E-state index is 0.121. The molecule has 0 saturated carbocycles. The fraction of sp³-hybridized carbons (Fsp3) is 0.667. The van der Waals surface area contributed by atoms with Crippen molar-refractivity contribution in [3.8, 4) is 0 Å². The molecule has 1 aromatic heterocycles. The second kappa shape index (κ2) is 6.71. The van der Waals surface area contributed by atoms with Gasteiger partial charge in [-0.05, 0) is 26.4 Å². The number of aromatic nitrogens is 2. The van der Waals surface area contributed by atoms with Gasteiger partial charge in [0.05, 0.1) is 11.2 Å². The maximum Gasteiger partial charge on any atom is 0.274 e. The third kappa shape index (κ3) is 3.71. The highest BCUT2D eigenvalue weighted by atomic mass is 35.5. The minimum atomic E-state index is -0.121. The normalized spacial score (nSPS) is 19.8. The molecule has 1 fully saturated rings. The number of nitrogens with zero attached hydrogens (tertiary/aromatic N) is 4. The number of likely N-dealkylation sites (tertiary alicyclic amines) is 1. The van der Waals surface area contributed by atoms with Gasteiger partial charge in [-0.1, -0.05) is 25.4 Å². The second-order valence-electron chi connectivity index (χ2n) is 6.05. The molecule has 116 valence electrons. The Kier molecular flexibility index (Phi) is 5.17. The highest BCUT2D eigenvalue weighted by Crippen LogP contribution is 2.20. The van der Waals surface area contributed by atoms with E-state index in [4.69, 9.17) is 11.6 Å². The molecule has 6 heteroatoms. The largest absolute Gasteiger partial charge is 0.336 e. The molecule has 0 N–H and O–H groups in total. The van der Waals surface area contributed by atoms with Gasteiger partial charge in [0.15, 0.2) is 5.69 Å². The summed E-state index contributed by atoms with van der Waals surface area (Å²) in [7, 11) is 3.92. The minimum Gasteiger partial charge on any atom is -0.336 e. The first-order valence-corrected chi connectivity index (χ1v) is 7.76. The molecule has 1 aromatic rings. The van der Waals surface area contributed by atoms with E-state index in [1.165, 1.54) is 6.20 Å². The molecule has 0 aliphatic carbocycles. The zero-order valence-electron chi connectivity index (χ0n) is 13.1. The third-order valence-electron chi connectivity index (χ3n) is 3.95. The van der Waals surface area contributed by atoms with Crippen molar-refractivity contribution in [2.75, 3.05) is 27.2 Å². The van der Waals surface area contributed by atoms with E-state index in [1.54, 1.807) is 4.90 Å². The summed E-state index contributed by atoms with van der Waals surface area (Å²) < 4.78 is 0. The quantitative estimate of drug-likeness (QED) is 0.860. The highest BCUT2D eigenvalue weighted by molar-refractivity contribution is 6.33. The molecule has 1 atom stereocenters. The summed E-state index contributed by atoms with van der Waals surface area (Å²) in [6.07, 6.45) is 3.65. The van der Waals surface area contributed by atoms with E-state index >= 15 is 0 Å². The van der Waals surface area contributed by atoms with Crippen LogP contribution >= 0.6 is 11.6 Å². The summed E-state index contributed by atoms with van der Waals surface area (Å²) in [5, 5.41) is 0.320. The summed E-state index contributed by atoms with van der Waals surface area (Å²) in [5.41, 5.74) is 0.311. The van der Waals surface area contributed by atoms with E-state index in [9.17, 15) is 4.79 Å². The number of hydrogen-bond acceptors (Lipinski definition) is 4. The van der Waals surface area contributed by atoms with Gasteiger partial charge in [-0.3, -0.25) is 4.79 Å². The van der Waals surface area contributed by atoms with Crippen molar-refractivity contribution < 1.29 is 4.79 Å². The van der Waals surface area contributed by atoms with Crippen LogP contribution in [0.25, 0.3) is 0 Å². The van der Waals surface area contributed by atoms with Crippen molar-refractivity contribution in [2.24, 2.45) is 0 Å². The lowest BCUT2D eigenvalue weighted by Crippen LogP contribution is -2.47. The first-order chi connectivity index (χ1) is 9.90. The zero-order chi connectivity index (χ0) is 15.6. The standard InChI is InChI=1S/C15H23ClN4O/c1-10(2)14-17-8-12(16)13(18-14)15(21)20(4)11-6-5-7-19(3)9-11/h8,10-11H,5-7,9H2,1-4H3. The van der Waals surface area contributed by atoms with Crippen LogP contribution in [0.5, 0.6) is 0 Å². The van der Waals surface area contributed by atoms with Crippen molar-refractivity contribution in [3.05, 3.63) is 22.7 Å². The molecular weight excluding hydrogens is 288 g/mol. The van der Waals surface area contributed by atoms with Crippen LogP contribution in [0.15, 0.2) is 6.20 Å². The van der Waals surface area contributed by atoms with Gasteiger partial charge >= 0.3 is 0 Å². The molecule has 0 spiro atoms. The number of amides is 1. The van der Waals surface area contributed by atoms with Gasteiger partial charge in [0.2, 0.25) is 0 Å². The van der Waals surface area contributed by atoms with Crippen LogP contribution in [0.4, 0.5) is 0 Å². The van der Waals surface area contributed by atoms with E-state index in [-0.39, 0.29) is 17.9 Å². The topological polar surface area (TPSA) is 49.3 Å². The summed E-state index contributed by atoms with van der Waals surface area (Å²) in [6.45, 7) is 5.97. The maximum absolute atomic E-state index is 12.7. The van der Waals surface area contributed by atoms with E-state index in [1.807, 2.05) is 20.9 Å². The predicted octanol–water partition coefficient (Wildman–Crippen LogP) is 2.42. The fourth-order valence-electron chi connectivity index (χ4n) is 2.60. The van der Waals surface area contributed by atoms with E-state index in [0.717, 1.165) is 25.9 Å². The first-order valence-electron chi connectivity index (χ1n) is 7.38. The predicted molar refractivity (Wildman–Crippen MR) is 83.7 cm³/mol. The average Bonchev–Trinajstić information content (AvgIpc) is 2.46. The molecule has 1 amide bonds. The molecule has 21 heavy (non-hydrogen) atoms. The summed E-state index contributed by atoms with van der Waals surface area (Å²) in [4.78, 5) is 25.2. The molecule has 1 aliphatic rings. The van der Waals surface area contributed by atoms with Crippen LogP contribution in [0.2, 0.25) is 5.02 Å². The van der Waals surface area contributed by atoms with Gasteiger partial charge in [-0.15, -0.1) is 0 Å². The van der Waals surface area contributed by atoms with Crippen LogP contribution < -0.4 is 0 Å². The molecule has 0 radical (unpaired) electrons. The van der Waals surface area contributed by atoms with Crippen molar-refractivity contribution in [3.63, 3.8) is 0 Å². The van der Waals surface area contributed by atoms with Crippen LogP contribution in [0.3, 0.4) is 0 Å². The van der Waals surface area contributed by atoms with Gasteiger partial charge < -0.3 is 9.80 Å². The highest BCUT2D eigenvalue weighted by Gasteiger charge is 2.27. The molecule has 5 nitrogen and oxygen atoms in total. The smallest absolute Gasteiger partial charge is 0.274 e. The maximum atomic E-state index is 12.7. The number of carbonyl (C=O) groups excluding carboxylic acids is 1. The third-order valence-corrected chi connectivity index (χ3v) is 4.23. The van der Waals surface area contributed by atoms with Crippen LogP contribution in [0, 0.1) is 0 Å². The van der Waals surface area contributed by atoms with Crippen molar-refractivity contribution in [2.45, 2.75) is 38.6 Å². The molecule has 1 unspecified atom stereocenters. The zero-order valence-corrected chi connectivity index (χ0v) is 13.9.